The lowest BCUT2D eigenvalue weighted by Gasteiger charge is -2.67. The van der Waals surface area contributed by atoms with Crippen LogP contribution in [0, 0.1) is 34.5 Å². The average molecular weight is 531 g/mol. The fraction of sp³-hybridized carbons (Fsp3) is 0.880. The summed E-state index contributed by atoms with van der Waals surface area (Å²) in [7, 11) is 0. The molecule has 0 amide bonds. The van der Waals surface area contributed by atoms with Crippen LogP contribution >= 0.6 is 0 Å². The molecule has 8 N–H and O–H groups in total. The molecule has 12 nitrogen and oxygen atoms in total. The molecule has 0 spiro atoms. The maximum atomic E-state index is 13.0. The van der Waals surface area contributed by atoms with E-state index in [0.717, 1.165) is 0 Å². The minimum absolute atomic E-state index is 0.601. The first-order valence-electron chi connectivity index (χ1n) is 12.8. The molecule has 2 saturated heterocycles. The first-order valence-corrected chi connectivity index (χ1v) is 12.8. The summed E-state index contributed by atoms with van der Waals surface area (Å²) >= 11 is 0. The smallest absolute Gasteiger partial charge is 0.310 e. The summed E-state index contributed by atoms with van der Waals surface area (Å²) in [5.41, 5.74) is -4.17. The maximum absolute atomic E-state index is 13.0. The van der Waals surface area contributed by atoms with Crippen molar-refractivity contribution in [3.05, 3.63) is 12.2 Å². The number of aliphatic hydroxyl groups is 8. The van der Waals surface area contributed by atoms with E-state index in [1.54, 1.807) is 20.8 Å². The van der Waals surface area contributed by atoms with Gasteiger partial charge < -0.3 is 55.1 Å². The molecule has 5 aliphatic rings. The second-order valence-electron chi connectivity index (χ2n) is 12.2. The summed E-state index contributed by atoms with van der Waals surface area (Å²) in [6.07, 6.45) is -11.1. The summed E-state index contributed by atoms with van der Waals surface area (Å²) in [6, 6.07) is 0. The zero-order valence-electron chi connectivity index (χ0n) is 21.2. The molecule has 0 unspecified atom stereocenters. The SMILES string of the molecule is C[C@H]1[C@@H](O)[C@H](O)[C@@H]2[C@@]3(C)[C@H](OC(=O)[C@@H]13)[C@H](O)[C@H]1[C@]2(C)[C@H](O[C@@H]2O[C@H](CO)[C@@H](O)[C@H](O)[C@H]2O)C=C[C@@]1(C)O. The molecule has 12 heteroatoms. The average Bonchev–Trinajstić information content (AvgIpc) is 3.09. The van der Waals surface area contributed by atoms with Crippen LogP contribution in [0.5, 0.6) is 0 Å². The highest BCUT2D eigenvalue weighted by atomic mass is 16.7. The van der Waals surface area contributed by atoms with Gasteiger partial charge in [0.1, 0.15) is 30.5 Å². The topological polar surface area (TPSA) is 207 Å². The van der Waals surface area contributed by atoms with E-state index in [4.69, 9.17) is 14.2 Å². The standard InChI is InChI=1S/C25H38O12/c1-8-11-21(33)37-20-17(32)18-23(2,34)6-5-10(24(18,3)19(25(11,20)4)15(30)12(8)27)36-22-16(31)14(29)13(28)9(7-26)35-22/h5-6,8-20,22,26-32,34H,7H2,1-4H3/t8-,9-,10-,11-,12-,13-,14+,15+,16-,17-,18-,19+,20-,22+,23-,24+,25+/m1/s1. The van der Waals surface area contributed by atoms with Gasteiger partial charge in [-0.25, -0.2) is 0 Å². The normalized spacial score (nSPS) is 61.0. The van der Waals surface area contributed by atoms with E-state index in [1.165, 1.54) is 19.1 Å². The van der Waals surface area contributed by atoms with Gasteiger partial charge in [0, 0.05) is 22.7 Å². The van der Waals surface area contributed by atoms with E-state index in [2.05, 4.69) is 0 Å². The lowest BCUT2D eigenvalue weighted by molar-refractivity contribution is -0.343. The molecule has 0 aromatic heterocycles. The van der Waals surface area contributed by atoms with Crippen LogP contribution in [-0.2, 0) is 19.0 Å². The van der Waals surface area contributed by atoms with Crippen LogP contribution in [-0.4, -0.2) is 120 Å². The minimum Gasteiger partial charge on any atom is -0.459 e. The largest absolute Gasteiger partial charge is 0.459 e. The monoisotopic (exact) mass is 530 g/mol. The van der Waals surface area contributed by atoms with Gasteiger partial charge in [-0.2, -0.15) is 0 Å². The first-order chi connectivity index (χ1) is 17.1. The van der Waals surface area contributed by atoms with E-state index in [1.807, 2.05) is 0 Å². The van der Waals surface area contributed by atoms with Crippen molar-refractivity contribution >= 4 is 5.97 Å². The third-order valence-corrected chi connectivity index (χ3v) is 10.2. The lowest BCUT2D eigenvalue weighted by Crippen LogP contribution is -2.76. The third-order valence-electron chi connectivity index (χ3n) is 10.2. The Labute approximate surface area is 214 Å². The second-order valence-corrected chi connectivity index (χ2v) is 12.2. The molecule has 3 aliphatic carbocycles. The third kappa shape index (κ3) is 3.41. The first kappa shape index (κ1) is 27.4. The van der Waals surface area contributed by atoms with E-state index < -0.39 is 114 Å². The number of carbonyl (C=O) groups is 1. The molecule has 0 aromatic carbocycles. The fourth-order valence-corrected chi connectivity index (χ4v) is 8.63. The minimum atomic E-state index is -1.71. The predicted octanol–water partition coefficient (Wildman–Crippen LogP) is -2.98. The summed E-state index contributed by atoms with van der Waals surface area (Å²) in [5, 5.41) is 86.2. The second kappa shape index (κ2) is 8.65. The highest BCUT2D eigenvalue weighted by molar-refractivity contribution is 5.77. The fourth-order valence-electron chi connectivity index (χ4n) is 8.63. The number of hydrogen-bond donors (Lipinski definition) is 8. The van der Waals surface area contributed by atoms with Crippen molar-refractivity contribution < 1.29 is 59.9 Å². The van der Waals surface area contributed by atoms with Gasteiger partial charge in [0.2, 0.25) is 0 Å². The van der Waals surface area contributed by atoms with Gasteiger partial charge in [0.05, 0.1) is 42.5 Å². The van der Waals surface area contributed by atoms with Gasteiger partial charge in [0.15, 0.2) is 6.29 Å². The molecule has 0 aromatic rings. The van der Waals surface area contributed by atoms with Crippen LogP contribution in [0.15, 0.2) is 12.2 Å². The highest BCUT2D eigenvalue weighted by Gasteiger charge is 2.78. The van der Waals surface area contributed by atoms with Gasteiger partial charge in [-0.3, -0.25) is 4.79 Å². The zero-order valence-corrected chi connectivity index (χ0v) is 21.2. The number of ether oxygens (including phenoxy) is 3. The Bertz CT molecular complexity index is 954. The Hall–Kier alpha value is -1.19. The highest BCUT2D eigenvalue weighted by Crippen LogP contribution is 2.69. The summed E-state index contributed by atoms with van der Waals surface area (Å²) in [6.45, 7) is 5.86. The van der Waals surface area contributed by atoms with E-state index in [0.29, 0.717) is 0 Å². The van der Waals surface area contributed by atoms with Gasteiger partial charge in [0.25, 0.3) is 0 Å². The van der Waals surface area contributed by atoms with Crippen molar-refractivity contribution in [3.63, 3.8) is 0 Å². The van der Waals surface area contributed by atoms with Crippen molar-refractivity contribution in [1.29, 1.82) is 0 Å². The predicted molar refractivity (Wildman–Crippen MR) is 122 cm³/mol. The van der Waals surface area contributed by atoms with Crippen molar-refractivity contribution in [2.75, 3.05) is 6.61 Å². The van der Waals surface area contributed by atoms with Gasteiger partial charge in [-0.05, 0) is 12.8 Å². The maximum Gasteiger partial charge on any atom is 0.310 e. The van der Waals surface area contributed by atoms with Gasteiger partial charge in [-0.1, -0.05) is 32.9 Å². The van der Waals surface area contributed by atoms with Crippen molar-refractivity contribution in [2.24, 2.45) is 34.5 Å². The Balaban J connectivity index is 1.62. The molecule has 2 aliphatic heterocycles. The molecule has 5 rings (SSSR count). The van der Waals surface area contributed by atoms with Crippen LogP contribution in [0.25, 0.3) is 0 Å². The molecule has 0 radical (unpaired) electrons. The number of carbonyl (C=O) groups excluding carboxylic acids is 1. The number of esters is 1. The summed E-state index contributed by atoms with van der Waals surface area (Å²) in [4.78, 5) is 13.0. The molecule has 0 bridgehead atoms. The summed E-state index contributed by atoms with van der Waals surface area (Å²) < 4.78 is 17.4. The van der Waals surface area contributed by atoms with Crippen molar-refractivity contribution in [1.82, 2.24) is 0 Å². The number of hydrogen-bond acceptors (Lipinski definition) is 12. The van der Waals surface area contributed by atoms with Gasteiger partial charge in [-0.15, -0.1) is 0 Å². The molecular formula is C25H38O12. The van der Waals surface area contributed by atoms with E-state index in [9.17, 15) is 45.6 Å². The van der Waals surface area contributed by atoms with Crippen LogP contribution < -0.4 is 0 Å². The van der Waals surface area contributed by atoms with Crippen LogP contribution in [0.4, 0.5) is 0 Å². The molecule has 210 valence electrons. The van der Waals surface area contributed by atoms with E-state index in [-0.39, 0.29) is 0 Å². The Morgan fingerprint density at radius 3 is 2.16 bits per heavy atom. The number of fused-ring (bicyclic) bond motifs is 2. The van der Waals surface area contributed by atoms with Crippen LogP contribution in [0.3, 0.4) is 0 Å². The lowest BCUT2D eigenvalue weighted by atomic mass is 9.38. The summed E-state index contributed by atoms with van der Waals surface area (Å²) in [5.74, 6) is -4.13. The van der Waals surface area contributed by atoms with Crippen molar-refractivity contribution in [3.8, 4) is 0 Å². The zero-order chi connectivity index (χ0) is 27.4. The van der Waals surface area contributed by atoms with Crippen LogP contribution in [0.2, 0.25) is 0 Å². The molecular weight excluding hydrogens is 492 g/mol. The van der Waals surface area contributed by atoms with Crippen molar-refractivity contribution in [2.45, 2.75) is 94.5 Å². The molecule has 37 heavy (non-hydrogen) atoms. The molecule has 17 atom stereocenters. The molecule has 2 saturated carbocycles. The van der Waals surface area contributed by atoms with E-state index >= 15 is 0 Å². The van der Waals surface area contributed by atoms with Crippen LogP contribution in [0.1, 0.15) is 27.7 Å². The Morgan fingerprint density at radius 2 is 1.54 bits per heavy atom. The quantitative estimate of drug-likeness (QED) is 0.136. The number of aliphatic hydroxyl groups excluding tert-OH is 7. The Kier molecular flexibility index (Phi) is 6.40. The molecule has 4 fully saturated rings. The van der Waals surface area contributed by atoms with Gasteiger partial charge >= 0.3 is 5.97 Å². The number of rotatable bonds is 3. The Morgan fingerprint density at radius 1 is 0.892 bits per heavy atom. The molecule has 2 heterocycles.